The van der Waals surface area contributed by atoms with E-state index in [9.17, 15) is 24.5 Å². The van der Waals surface area contributed by atoms with E-state index in [1.54, 1.807) is 0 Å². The van der Waals surface area contributed by atoms with Crippen LogP contribution in [0.25, 0.3) is 0 Å². The van der Waals surface area contributed by atoms with Gasteiger partial charge in [-0.1, -0.05) is 0 Å². The van der Waals surface area contributed by atoms with Crippen LogP contribution in [0.5, 0.6) is 0 Å². The fourth-order valence-corrected chi connectivity index (χ4v) is 2.15. The lowest BCUT2D eigenvalue weighted by atomic mass is 10.1. The van der Waals surface area contributed by atoms with Crippen LogP contribution in [-0.2, 0) is 13.8 Å². The van der Waals surface area contributed by atoms with E-state index in [0.29, 0.717) is 4.57 Å². The number of carbonyl (C=O) groups excluding carboxylic acids is 1. The van der Waals surface area contributed by atoms with Crippen molar-refractivity contribution in [3.63, 3.8) is 0 Å². The number of nitrogens with zero attached hydrogens (tertiary/aromatic N) is 1. The first-order chi connectivity index (χ1) is 11.9. The number of phosphoric acid groups is 1. The third-order valence-electron chi connectivity index (χ3n) is 2.84. The molecule has 1 amide bonds. The molecule has 122 valence electrons. The summed E-state index contributed by atoms with van der Waals surface area (Å²) in [5, 5.41) is 20.0. The van der Waals surface area contributed by atoms with Crippen molar-refractivity contribution in [1.29, 1.82) is 0 Å². The molecule has 0 radical (unpaired) electrons. The lowest BCUT2D eigenvalue weighted by Crippen LogP contribution is -2.46. The smallest absolute Gasteiger partial charge is 0.292 e. The van der Waals surface area contributed by atoms with Crippen LogP contribution >= 0.6 is 7.82 Å². The summed E-state index contributed by atoms with van der Waals surface area (Å²) < 4.78 is 51.6. The molecule has 22 heavy (non-hydrogen) atoms. The molecule has 1 unspecified atom stereocenters. The summed E-state index contributed by atoms with van der Waals surface area (Å²) in [5.74, 6) is -1.22. The Balaban J connectivity index is 2.45. The Morgan fingerprint density at radius 3 is 2.86 bits per heavy atom. The first-order valence-corrected chi connectivity index (χ1v) is 7.38. The molecule has 11 heteroatoms. The summed E-state index contributed by atoms with van der Waals surface area (Å²) in [5.41, 5.74) is 4.38. The van der Waals surface area contributed by atoms with Gasteiger partial charge in [0.1, 0.15) is 20.5 Å². The van der Waals surface area contributed by atoms with Crippen molar-refractivity contribution in [2.45, 2.75) is 24.5 Å². The number of rotatable bonds is 5. The van der Waals surface area contributed by atoms with Crippen molar-refractivity contribution < 1.29 is 48.7 Å². The Bertz CT molecular complexity index is 790. The zero-order chi connectivity index (χ0) is 20.0. The van der Waals surface area contributed by atoms with Crippen molar-refractivity contribution in [1.82, 2.24) is 0 Å². The van der Waals surface area contributed by atoms with Gasteiger partial charge in [-0.2, -0.15) is 4.57 Å². The Morgan fingerprint density at radius 2 is 2.27 bits per heavy atom. The number of nitrogens with two attached hydrogens (primary N) is 1. The van der Waals surface area contributed by atoms with Crippen molar-refractivity contribution in [3.05, 3.63) is 30.0 Å². The van der Waals surface area contributed by atoms with Crippen LogP contribution in [0.15, 0.2) is 24.4 Å². The molecule has 1 aliphatic rings. The van der Waals surface area contributed by atoms with E-state index in [1.807, 2.05) is 0 Å². The van der Waals surface area contributed by atoms with Gasteiger partial charge in [0.15, 0.2) is 18.4 Å². The molecular formula is C11H15N2O8P. The number of ether oxygens (including phenoxy) is 1. The van der Waals surface area contributed by atoms with E-state index < -0.39 is 74.9 Å². The predicted molar refractivity (Wildman–Crippen MR) is 66.9 cm³/mol. The van der Waals surface area contributed by atoms with Crippen LogP contribution in [0.4, 0.5) is 0 Å². The highest BCUT2D eigenvalue weighted by atomic mass is 31.2. The Morgan fingerprint density at radius 1 is 1.59 bits per heavy atom. The normalized spacial score (nSPS) is 33.5. The number of carbonyl (C=O) groups is 1. The topological polar surface area (TPSA) is 166 Å². The molecule has 1 aromatic rings. The molecule has 10 nitrogen and oxygen atoms in total. The minimum absolute atomic E-state index is 0.560. The molecule has 1 aliphatic heterocycles. The highest BCUT2D eigenvalue weighted by Crippen LogP contribution is 2.33. The van der Waals surface area contributed by atoms with Crippen molar-refractivity contribution >= 4 is 13.7 Å². The number of hydrogen-bond acceptors (Lipinski definition) is 7. The van der Waals surface area contributed by atoms with Gasteiger partial charge >= 0.3 is 0 Å². The fraction of sp³-hybridized carbons (Fsp3) is 0.455. The van der Waals surface area contributed by atoms with Crippen LogP contribution in [0, 0.1) is 0 Å². The van der Waals surface area contributed by atoms with Gasteiger partial charge in [-0.3, -0.25) is 9.36 Å². The average Bonchev–Trinajstić information content (AvgIpc) is 2.78. The van der Waals surface area contributed by atoms with Crippen molar-refractivity contribution in [2.24, 2.45) is 5.73 Å². The second-order valence-electron chi connectivity index (χ2n) is 4.39. The number of aliphatic hydroxyl groups is 2. The number of aliphatic hydroxyl groups excluding tert-OH is 2. The van der Waals surface area contributed by atoms with Gasteiger partial charge < -0.3 is 35.0 Å². The quantitative estimate of drug-likeness (QED) is 0.329. The predicted octanol–water partition coefficient (Wildman–Crippen LogP) is -2.83. The molecule has 1 aromatic heterocycles. The molecule has 0 aromatic carbocycles. The Labute approximate surface area is 130 Å². The monoisotopic (exact) mass is 338 g/mol. The molecule has 0 spiro atoms. The summed E-state index contributed by atoms with van der Waals surface area (Å²) >= 11 is 0. The van der Waals surface area contributed by atoms with Crippen LogP contribution < -0.4 is 15.2 Å². The van der Waals surface area contributed by atoms with E-state index in [-0.39, 0.29) is 0 Å². The molecule has 2 heterocycles. The number of primary amides is 1. The molecule has 0 aliphatic carbocycles. The Hall–Kier alpha value is -1.39. The third kappa shape index (κ3) is 3.87. The maximum atomic E-state index is 11.5. The van der Waals surface area contributed by atoms with Gasteiger partial charge in [-0.25, -0.2) is 0 Å². The maximum absolute atomic E-state index is 11.5. The second kappa shape index (κ2) is 6.39. The summed E-state index contributed by atoms with van der Waals surface area (Å²) in [4.78, 5) is 30.7. The standard InChI is InChI=1S/C11H15N2O8P/c12-10(16)6-2-1-3-13(4-6)11-9(15)8(14)7(21-11)5-20-22(17,18)19/h1-4,7-9,11,14-15H,5H2,(H3-,12,16,17,18,19)/t7-,8-,9-,11-/m1/s1/i1D,2D,3D,4D. The minimum atomic E-state index is -5.13. The van der Waals surface area contributed by atoms with Crippen LogP contribution in [0.3, 0.4) is 0 Å². The maximum Gasteiger partial charge on any atom is 0.292 e. The van der Waals surface area contributed by atoms with E-state index >= 15 is 0 Å². The first-order valence-electron chi connectivity index (χ1n) is 7.88. The van der Waals surface area contributed by atoms with Gasteiger partial charge in [0.2, 0.25) is 0 Å². The van der Waals surface area contributed by atoms with Gasteiger partial charge in [0, 0.05) is 6.04 Å². The molecule has 2 rings (SSSR count). The fourth-order valence-electron chi connectivity index (χ4n) is 1.82. The number of aromatic nitrogens is 1. The first kappa shape index (κ1) is 12.1. The van der Waals surface area contributed by atoms with Crippen molar-refractivity contribution in [2.75, 3.05) is 6.61 Å². The van der Waals surface area contributed by atoms with E-state index in [1.165, 1.54) is 0 Å². The molecule has 1 fully saturated rings. The Kier molecular flexibility index (Phi) is 3.51. The highest BCUT2D eigenvalue weighted by molar-refractivity contribution is 7.44. The average molecular weight is 338 g/mol. The molecule has 0 bridgehead atoms. The SMILES string of the molecule is [2H]c1c([2H])c([2H])[n+]([C@@H]2O[C@H](COP(=O)([O-])O)[C@@H](O)[C@H]2O)c([2H])c1C(N)=O. The molecule has 1 saturated heterocycles. The summed E-state index contributed by atoms with van der Waals surface area (Å²) in [6, 6.07) is -1.54. The summed E-state index contributed by atoms with van der Waals surface area (Å²) in [6.45, 7) is -0.875. The zero-order valence-corrected chi connectivity index (χ0v) is 11.8. The zero-order valence-electron chi connectivity index (χ0n) is 14.9. The lowest BCUT2D eigenvalue weighted by molar-refractivity contribution is -0.765. The van der Waals surface area contributed by atoms with Gasteiger partial charge in [-0.05, 0) is 6.04 Å². The van der Waals surface area contributed by atoms with Gasteiger partial charge in [0.25, 0.3) is 20.0 Å². The van der Waals surface area contributed by atoms with E-state index in [0.717, 1.165) is 0 Å². The largest absolute Gasteiger partial charge is 0.756 e. The lowest BCUT2D eigenvalue weighted by Gasteiger charge is -2.19. The third-order valence-corrected chi connectivity index (χ3v) is 3.31. The number of pyridine rings is 1. The van der Waals surface area contributed by atoms with E-state index in [4.69, 9.17) is 20.8 Å². The highest BCUT2D eigenvalue weighted by Gasteiger charge is 2.48. The minimum Gasteiger partial charge on any atom is -0.756 e. The van der Waals surface area contributed by atoms with Crippen molar-refractivity contribution in [3.8, 4) is 0 Å². The number of amides is 1. The molecule has 5 N–H and O–H groups in total. The second-order valence-corrected chi connectivity index (χ2v) is 5.59. The number of hydrogen-bond donors (Lipinski definition) is 4. The van der Waals surface area contributed by atoms with Crippen LogP contribution in [-0.4, -0.2) is 45.9 Å². The molecular weight excluding hydrogens is 319 g/mol. The van der Waals surface area contributed by atoms with Crippen LogP contribution in [0.2, 0.25) is 0 Å². The number of phosphoric ester groups is 1. The molecule has 0 saturated carbocycles. The summed E-state index contributed by atoms with van der Waals surface area (Å²) in [6.07, 6.45) is -8.27. The molecule has 5 atom stereocenters. The van der Waals surface area contributed by atoms with Gasteiger partial charge in [-0.15, -0.1) is 0 Å². The van der Waals surface area contributed by atoms with Gasteiger partial charge in [0.05, 0.1) is 9.35 Å². The van der Waals surface area contributed by atoms with Crippen LogP contribution in [0.1, 0.15) is 22.1 Å². The summed E-state index contributed by atoms with van der Waals surface area (Å²) in [7, 11) is -5.13. The van der Waals surface area contributed by atoms with E-state index in [2.05, 4.69) is 4.52 Å².